The van der Waals surface area contributed by atoms with E-state index in [1.807, 2.05) is 0 Å². The first kappa shape index (κ1) is 21.0. The third-order valence-corrected chi connectivity index (χ3v) is 5.80. The van der Waals surface area contributed by atoms with Crippen LogP contribution in [0.15, 0.2) is 42.5 Å². The molecule has 0 aliphatic carbocycles. The number of amides is 1. The molecule has 0 unspecified atom stereocenters. The van der Waals surface area contributed by atoms with Gasteiger partial charge in [-0.2, -0.15) is 13.2 Å². The first-order chi connectivity index (χ1) is 14.2. The van der Waals surface area contributed by atoms with Gasteiger partial charge in [0, 0.05) is 35.2 Å². The molecule has 4 rings (SSSR count). The van der Waals surface area contributed by atoms with E-state index in [1.54, 1.807) is 47.4 Å². The van der Waals surface area contributed by atoms with Gasteiger partial charge >= 0.3 is 6.18 Å². The Morgan fingerprint density at radius 2 is 1.70 bits per heavy atom. The van der Waals surface area contributed by atoms with Crippen molar-refractivity contribution in [1.29, 1.82) is 0 Å². The number of halogens is 5. The van der Waals surface area contributed by atoms with Crippen molar-refractivity contribution in [3.63, 3.8) is 0 Å². The molecule has 1 amide bonds. The molecule has 0 spiro atoms. The second kappa shape index (κ2) is 8.12. The SMILES string of the molecule is O=C(c1cc(Cl)cc(Cl)c1)N1CCC(Cn2c(C(F)(F)F)nc3ccccc32)CC1. The zero-order valence-corrected chi connectivity index (χ0v) is 17.3. The molecular weight excluding hydrogens is 438 g/mol. The van der Waals surface area contributed by atoms with E-state index in [1.165, 1.54) is 4.57 Å². The average Bonchev–Trinajstić information content (AvgIpc) is 3.06. The van der Waals surface area contributed by atoms with Crippen molar-refractivity contribution in [3.05, 3.63) is 63.9 Å². The van der Waals surface area contributed by atoms with Crippen LogP contribution in [0.4, 0.5) is 13.2 Å². The number of benzene rings is 2. The molecule has 1 saturated heterocycles. The van der Waals surface area contributed by atoms with Crippen LogP contribution in [0.25, 0.3) is 11.0 Å². The van der Waals surface area contributed by atoms with Crippen LogP contribution >= 0.6 is 23.2 Å². The number of nitrogens with zero attached hydrogens (tertiary/aromatic N) is 3. The normalized spacial score (nSPS) is 15.7. The zero-order valence-electron chi connectivity index (χ0n) is 15.8. The highest BCUT2D eigenvalue weighted by atomic mass is 35.5. The van der Waals surface area contributed by atoms with Crippen LogP contribution in [0.2, 0.25) is 10.0 Å². The highest BCUT2D eigenvalue weighted by Crippen LogP contribution is 2.33. The fourth-order valence-electron chi connectivity index (χ4n) is 3.91. The van der Waals surface area contributed by atoms with E-state index in [-0.39, 0.29) is 18.4 Å². The van der Waals surface area contributed by atoms with Crippen molar-refractivity contribution in [3.8, 4) is 0 Å². The maximum absolute atomic E-state index is 13.5. The molecule has 0 N–H and O–H groups in total. The van der Waals surface area contributed by atoms with E-state index in [4.69, 9.17) is 23.2 Å². The number of piperidine rings is 1. The van der Waals surface area contributed by atoms with E-state index in [9.17, 15) is 18.0 Å². The molecule has 0 radical (unpaired) electrons. The predicted molar refractivity (Wildman–Crippen MR) is 110 cm³/mol. The van der Waals surface area contributed by atoms with Gasteiger partial charge in [0.05, 0.1) is 11.0 Å². The number of carbonyl (C=O) groups is 1. The minimum atomic E-state index is -4.53. The molecule has 1 aliphatic rings. The zero-order chi connectivity index (χ0) is 21.5. The Balaban J connectivity index is 1.49. The summed E-state index contributed by atoms with van der Waals surface area (Å²) < 4.78 is 41.8. The number of hydrogen-bond donors (Lipinski definition) is 0. The van der Waals surface area contributed by atoms with Gasteiger partial charge in [0.2, 0.25) is 5.82 Å². The number of para-hydroxylation sites is 2. The number of alkyl halides is 3. The molecule has 0 atom stereocenters. The summed E-state index contributed by atoms with van der Waals surface area (Å²) in [7, 11) is 0. The summed E-state index contributed by atoms with van der Waals surface area (Å²) in [5, 5.41) is 0.764. The Kier molecular flexibility index (Phi) is 5.68. The standard InChI is InChI=1S/C21H18Cl2F3N3O/c22-15-9-14(10-16(23)11-15)19(30)28-7-5-13(6-8-28)12-29-18-4-2-1-3-17(18)27-20(29)21(24,25)26/h1-4,9-11,13H,5-8,12H2. The van der Waals surface area contributed by atoms with E-state index in [0.717, 1.165) is 0 Å². The Morgan fingerprint density at radius 1 is 1.07 bits per heavy atom. The quantitative estimate of drug-likeness (QED) is 0.491. The van der Waals surface area contributed by atoms with Crippen molar-refractivity contribution in [1.82, 2.24) is 14.5 Å². The second-order valence-corrected chi connectivity index (χ2v) is 8.30. The maximum atomic E-state index is 13.5. The molecule has 2 aromatic carbocycles. The summed E-state index contributed by atoms with van der Waals surface area (Å²) in [6, 6.07) is 11.3. The van der Waals surface area contributed by atoms with Crippen LogP contribution in [0.1, 0.15) is 29.0 Å². The minimum Gasteiger partial charge on any atom is -0.339 e. The van der Waals surface area contributed by atoms with Gasteiger partial charge in [-0.05, 0) is 49.1 Å². The van der Waals surface area contributed by atoms with Crippen molar-refractivity contribution < 1.29 is 18.0 Å². The molecular formula is C21H18Cl2F3N3O. The number of rotatable bonds is 3. The van der Waals surface area contributed by atoms with Gasteiger partial charge in [0.1, 0.15) is 0 Å². The largest absolute Gasteiger partial charge is 0.449 e. The molecule has 2 heterocycles. The lowest BCUT2D eigenvalue weighted by Crippen LogP contribution is -2.39. The number of aromatic nitrogens is 2. The number of imidazole rings is 1. The van der Waals surface area contributed by atoms with E-state index >= 15 is 0 Å². The third kappa shape index (κ3) is 4.27. The lowest BCUT2D eigenvalue weighted by molar-refractivity contribution is -0.147. The Labute approximate surface area is 181 Å². The van der Waals surface area contributed by atoms with Crippen LogP contribution in [0.5, 0.6) is 0 Å². The predicted octanol–water partition coefficient (Wildman–Crippen LogP) is 5.91. The lowest BCUT2D eigenvalue weighted by Gasteiger charge is -2.32. The summed E-state index contributed by atoms with van der Waals surface area (Å²) >= 11 is 12.0. The van der Waals surface area contributed by atoms with Crippen LogP contribution in [0, 0.1) is 5.92 Å². The van der Waals surface area contributed by atoms with Crippen molar-refractivity contribution in [2.24, 2.45) is 5.92 Å². The first-order valence-electron chi connectivity index (χ1n) is 9.50. The third-order valence-electron chi connectivity index (χ3n) is 5.36. The molecule has 1 aliphatic heterocycles. The maximum Gasteiger partial charge on any atom is 0.449 e. The van der Waals surface area contributed by atoms with Gasteiger partial charge in [-0.25, -0.2) is 4.98 Å². The number of carbonyl (C=O) groups excluding carboxylic acids is 1. The molecule has 30 heavy (non-hydrogen) atoms. The number of hydrogen-bond acceptors (Lipinski definition) is 2. The van der Waals surface area contributed by atoms with Gasteiger partial charge in [0.25, 0.3) is 5.91 Å². The molecule has 3 aromatic rings. The second-order valence-electron chi connectivity index (χ2n) is 7.43. The molecule has 4 nitrogen and oxygen atoms in total. The fourth-order valence-corrected chi connectivity index (χ4v) is 4.44. The first-order valence-corrected chi connectivity index (χ1v) is 10.3. The Hall–Kier alpha value is -2.25. The minimum absolute atomic E-state index is 0.00991. The lowest BCUT2D eigenvalue weighted by atomic mass is 9.96. The monoisotopic (exact) mass is 455 g/mol. The molecule has 158 valence electrons. The molecule has 9 heteroatoms. The van der Waals surface area contributed by atoms with Gasteiger partial charge in [-0.1, -0.05) is 35.3 Å². The molecule has 1 fully saturated rings. The molecule has 1 aromatic heterocycles. The molecule has 0 bridgehead atoms. The van der Waals surface area contributed by atoms with Crippen LogP contribution in [0.3, 0.4) is 0 Å². The van der Waals surface area contributed by atoms with Crippen molar-refractivity contribution in [2.45, 2.75) is 25.6 Å². The Morgan fingerprint density at radius 3 is 2.33 bits per heavy atom. The van der Waals surface area contributed by atoms with Crippen molar-refractivity contribution >= 4 is 40.1 Å². The number of likely N-dealkylation sites (tertiary alicyclic amines) is 1. The van der Waals surface area contributed by atoms with E-state index in [2.05, 4.69) is 4.98 Å². The van der Waals surface area contributed by atoms with E-state index < -0.39 is 12.0 Å². The van der Waals surface area contributed by atoms with Gasteiger partial charge in [-0.3, -0.25) is 4.79 Å². The summed E-state index contributed by atoms with van der Waals surface area (Å²) in [5.41, 5.74) is 1.21. The van der Waals surface area contributed by atoms with Gasteiger partial charge in [0.15, 0.2) is 0 Å². The average molecular weight is 456 g/mol. The summed E-state index contributed by atoms with van der Waals surface area (Å²) in [6.45, 7) is 1.13. The van der Waals surface area contributed by atoms with Crippen molar-refractivity contribution in [2.75, 3.05) is 13.1 Å². The highest BCUT2D eigenvalue weighted by molar-refractivity contribution is 6.35. The number of fused-ring (bicyclic) bond motifs is 1. The fraction of sp³-hybridized carbons (Fsp3) is 0.333. The summed E-state index contributed by atoms with van der Waals surface area (Å²) in [4.78, 5) is 18.2. The highest BCUT2D eigenvalue weighted by Gasteiger charge is 2.38. The molecule has 0 saturated carbocycles. The summed E-state index contributed by atoms with van der Waals surface area (Å²) in [5.74, 6) is -1.05. The Bertz CT molecular complexity index is 1070. The topological polar surface area (TPSA) is 38.1 Å². The smallest absolute Gasteiger partial charge is 0.339 e. The van der Waals surface area contributed by atoms with Crippen LogP contribution < -0.4 is 0 Å². The van der Waals surface area contributed by atoms with Gasteiger partial charge < -0.3 is 9.47 Å². The van der Waals surface area contributed by atoms with E-state index in [0.29, 0.717) is 52.6 Å². The van der Waals surface area contributed by atoms with Crippen LogP contribution in [-0.4, -0.2) is 33.4 Å². The summed E-state index contributed by atoms with van der Waals surface area (Å²) in [6.07, 6.45) is -3.32. The van der Waals surface area contributed by atoms with Crippen LogP contribution in [-0.2, 0) is 12.7 Å². The van der Waals surface area contributed by atoms with Gasteiger partial charge in [-0.15, -0.1) is 0 Å².